The summed E-state index contributed by atoms with van der Waals surface area (Å²) in [5.74, 6) is 0. The van der Waals surface area contributed by atoms with Crippen LogP contribution in [0, 0.1) is 0 Å². The highest BCUT2D eigenvalue weighted by Gasteiger charge is 1.82. The van der Waals surface area contributed by atoms with Gasteiger partial charge in [-0.05, 0) is 0 Å². The summed E-state index contributed by atoms with van der Waals surface area (Å²) in [6.45, 7) is 0.996. The SMILES string of the molecule is NCCOOCCO. The summed E-state index contributed by atoms with van der Waals surface area (Å²) in [7, 11) is 0. The van der Waals surface area contributed by atoms with Crippen molar-refractivity contribution in [2.75, 3.05) is 26.4 Å². The van der Waals surface area contributed by atoms with Gasteiger partial charge in [-0.25, -0.2) is 9.78 Å². The lowest BCUT2D eigenvalue weighted by molar-refractivity contribution is -0.295. The fourth-order valence-corrected chi connectivity index (χ4v) is 0.203. The quantitative estimate of drug-likeness (QED) is 0.275. The molecule has 0 aliphatic heterocycles. The van der Waals surface area contributed by atoms with Crippen molar-refractivity contribution in [1.29, 1.82) is 0 Å². The van der Waals surface area contributed by atoms with Crippen molar-refractivity contribution in [3.63, 3.8) is 0 Å². The van der Waals surface area contributed by atoms with Crippen LogP contribution < -0.4 is 5.73 Å². The zero-order valence-corrected chi connectivity index (χ0v) is 4.67. The van der Waals surface area contributed by atoms with Crippen molar-refractivity contribution in [1.82, 2.24) is 0 Å². The molecule has 0 rings (SSSR count). The van der Waals surface area contributed by atoms with Crippen molar-refractivity contribution < 1.29 is 14.9 Å². The van der Waals surface area contributed by atoms with E-state index >= 15 is 0 Å². The second-order valence-electron chi connectivity index (χ2n) is 1.16. The van der Waals surface area contributed by atoms with E-state index in [1.807, 2.05) is 0 Å². The summed E-state index contributed by atoms with van der Waals surface area (Å²) in [5, 5.41) is 8.13. The van der Waals surface area contributed by atoms with E-state index < -0.39 is 0 Å². The van der Waals surface area contributed by atoms with Gasteiger partial charge in [-0.1, -0.05) is 0 Å². The number of hydrogen-bond donors (Lipinski definition) is 2. The van der Waals surface area contributed by atoms with E-state index in [1.54, 1.807) is 0 Å². The lowest BCUT2D eigenvalue weighted by Gasteiger charge is -1.97. The van der Waals surface area contributed by atoms with Gasteiger partial charge in [0, 0.05) is 6.54 Å². The van der Waals surface area contributed by atoms with E-state index in [2.05, 4.69) is 9.78 Å². The number of aliphatic hydroxyl groups excluding tert-OH is 1. The van der Waals surface area contributed by atoms with Gasteiger partial charge < -0.3 is 10.8 Å². The van der Waals surface area contributed by atoms with Crippen LogP contribution in [0.3, 0.4) is 0 Å². The Morgan fingerprint density at radius 1 is 1.25 bits per heavy atom. The maximum atomic E-state index is 8.13. The van der Waals surface area contributed by atoms with Crippen molar-refractivity contribution >= 4 is 0 Å². The second kappa shape index (κ2) is 6.84. The van der Waals surface area contributed by atoms with Crippen molar-refractivity contribution in [2.24, 2.45) is 5.73 Å². The van der Waals surface area contributed by atoms with Crippen LogP contribution in [0.4, 0.5) is 0 Å². The third-order valence-corrected chi connectivity index (χ3v) is 0.459. The Morgan fingerprint density at radius 2 is 1.88 bits per heavy atom. The van der Waals surface area contributed by atoms with Crippen LogP contribution >= 0.6 is 0 Å². The number of hydrogen-bond acceptors (Lipinski definition) is 4. The molecule has 0 heterocycles. The first-order valence-electron chi connectivity index (χ1n) is 2.47. The van der Waals surface area contributed by atoms with Crippen LogP contribution in [0.25, 0.3) is 0 Å². The largest absolute Gasteiger partial charge is 0.394 e. The Bertz CT molecular complexity index is 36.3. The first-order valence-corrected chi connectivity index (χ1v) is 2.47. The summed E-state index contributed by atoms with van der Waals surface area (Å²) in [5.41, 5.74) is 5.04. The molecule has 50 valence electrons. The predicted molar refractivity (Wildman–Crippen MR) is 28.0 cm³/mol. The smallest absolute Gasteiger partial charge is 0.105 e. The van der Waals surface area contributed by atoms with E-state index in [4.69, 9.17) is 10.8 Å². The van der Waals surface area contributed by atoms with Crippen molar-refractivity contribution in [2.45, 2.75) is 0 Å². The molecule has 0 aliphatic rings. The van der Waals surface area contributed by atoms with Crippen LogP contribution in [0.2, 0.25) is 0 Å². The van der Waals surface area contributed by atoms with Crippen LogP contribution in [0.15, 0.2) is 0 Å². The summed E-state index contributed by atoms with van der Waals surface area (Å²) >= 11 is 0. The van der Waals surface area contributed by atoms with Gasteiger partial charge in [0.2, 0.25) is 0 Å². The zero-order valence-electron chi connectivity index (χ0n) is 4.67. The van der Waals surface area contributed by atoms with Crippen LogP contribution in [-0.4, -0.2) is 31.5 Å². The molecule has 0 aromatic heterocycles. The van der Waals surface area contributed by atoms with E-state index in [9.17, 15) is 0 Å². The van der Waals surface area contributed by atoms with Gasteiger partial charge in [0.1, 0.15) is 6.61 Å². The maximum absolute atomic E-state index is 8.13. The molecule has 0 aromatic carbocycles. The summed E-state index contributed by atoms with van der Waals surface area (Å²) in [6.07, 6.45) is 0. The normalized spacial score (nSPS) is 9.75. The van der Waals surface area contributed by atoms with E-state index in [0.717, 1.165) is 0 Å². The molecule has 4 heteroatoms. The summed E-state index contributed by atoms with van der Waals surface area (Å²) in [6, 6.07) is 0. The first kappa shape index (κ1) is 7.84. The molecule has 0 amide bonds. The molecule has 0 atom stereocenters. The molecule has 0 aliphatic carbocycles. The highest BCUT2D eigenvalue weighted by atomic mass is 17.2. The number of rotatable bonds is 5. The minimum atomic E-state index is -0.0232. The Morgan fingerprint density at radius 3 is 2.38 bits per heavy atom. The van der Waals surface area contributed by atoms with E-state index in [-0.39, 0.29) is 13.2 Å². The molecule has 8 heavy (non-hydrogen) atoms. The van der Waals surface area contributed by atoms with Gasteiger partial charge in [-0.3, -0.25) is 0 Å². The minimum Gasteiger partial charge on any atom is -0.394 e. The molecule has 3 N–H and O–H groups in total. The average Bonchev–Trinajstić information content (AvgIpc) is 1.81. The molecule has 0 saturated carbocycles. The molecule has 4 nitrogen and oxygen atoms in total. The Balaban J connectivity index is 2.53. The van der Waals surface area contributed by atoms with Gasteiger partial charge in [0.05, 0.1) is 13.2 Å². The topological polar surface area (TPSA) is 64.7 Å². The lowest BCUT2D eigenvalue weighted by Crippen LogP contribution is -2.10. The molecule has 0 aromatic rings. The molecule has 0 bridgehead atoms. The van der Waals surface area contributed by atoms with Gasteiger partial charge >= 0.3 is 0 Å². The van der Waals surface area contributed by atoms with E-state index in [1.165, 1.54) is 0 Å². The van der Waals surface area contributed by atoms with Gasteiger partial charge in [0.25, 0.3) is 0 Å². The monoisotopic (exact) mass is 121 g/mol. The standard InChI is InChI=1S/C4H11NO3/c5-1-3-7-8-4-2-6/h6H,1-5H2. The third kappa shape index (κ3) is 5.84. The zero-order chi connectivity index (χ0) is 6.24. The van der Waals surface area contributed by atoms with Gasteiger partial charge in [0.15, 0.2) is 0 Å². The number of nitrogens with two attached hydrogens (primary N) is 1. The van der Waals surface area contributed by atoms with Gasteiger partial charge in [-0.2, -0.15) is 0 Å². The first-order chi connectivity index (χ1) is 3.91. The fraction of sp³-hybridized carbons (Fsp3) is 1.00. The fourth-order valence-electron chi connectivity index (χ4n) is 0.203. The van der Waals surface area contributed by atoms with Crippen LogP contribution in [0.1, 0.15) is 0 Å². The van der Waals surface area contributed by atoms with Crippen LogP contribution in [-0.2, 0) is 9.78 Å². The van der Waals surface area contributed by atoms with Crippen LogP contribution in [0.5, 0.6) is 0 Å². The predicted octanol–water partition coefficient (Wildman–Crippen LogP) is -1.11. The molecule has 0 saturated heterocycles. The molecule has 0 radical (unpaired) electrons. The van der Waals surface area contributed by atoms with Gasteiger partial charge in [-0.15, -0.1) is 0 Å². The Kier molecular flexibility index (Phi) is 6.70. The van der Waals surface area contributed by atoms with Crippen molar-refractivity contribution in [3.05, 3.63) is 0 Å². The molecular weight excluding hydrogens is 110 g/mol. The highest BCUT2D eigenvalue weighted by Crippen LogP contribution is 1.73. The lowest BCUT2D eigenvalue weighted by atomic mass is 10.8. The third-order valence-electron chi connectivity index (χ3n) is 0.459. The highest BCUT2D eigenvalue weighted by molar-refractivity contribution is 4.22. The van der Waals surface area contributed by atoms with Crippen molar-refractivity contribution in [3.8, 4) is 0 Å². The summed E-state index contributed by atoms with van der Waals surface area (Å²) in [4.78, 5) is 8.83. The molecule has 0 spiro atoms. The molecule has 0 fully saturated rings. The molecule has 0 unspecified atom stereocenters. The average molecular weight is 121 g/mol. The second-order valence-corrected chi connectivity index (χ2v) is 1.16. The summed E-state index contributed by atoms with van der Waals surface area (Å²) < 4.78 is 0. The molecular formula is C4H11NO3. The minimum absolute atomic E-state index is 0.0232. The van der Waals surface area contributed by atoms with E-state index in [0.29, 0.717) is 13.2 Å². The number of aliphatic hydroxyl groups is 1. The maximum Gasteiger partial charge on any atom is 0.105 e. The Hall–Kier alpha value is -0.160. The Labute approximate surface area is 48.1 Å².